The minimum atomic E-state index is -0.100. The van der Waals surface area contributed by atoms with Gasteiger partial charge in [0.05, 0.1) is 6.61 Å². The second kappa shape index (κ2) is 10.2. The van der Waals surface area contributed by atoms with Gasteiger partial charge in [-0.05, 0) is 43.4 Å². The zero-order valence-corrected chi connectivity index (χ0v) is 16.4. The van der Waals surface area contributed by atoms with Gasteiger partial charge in [-0.2, -0.15) is 0 Å². The smallest absolute Gasteiger partial charge is 0.315 e. The van der Waals surface area contributed by atoms with Crippen LogP contribution in [0.5, 0.6) is 5.75 Å². The van der Waals surface area contributed by atoms with E-state index in [1.54, 1.807) is 0 Å². The average Bonchev–Trinajstić information content (AvgIpc) is 2.60. The first kappa shape index (κ1) is 20.3. The van der Waals surface area contributed by atoms with Crippen molar-refractivity contribution in [2.45, 2.75) is 46.2 Å². The summed E-state index contributed by atoms with van der Waals surface area (Å²) in [4.78, 5) is 14.6. The van der Waals surface area contributed by atoms with Crippen LogP contribution in [0.1, 0.15) is 39.2 Å². The maximum absolute atomic E-state index is 12.2. The van der Waals surface area contributed by atoms with E-state index >= 15 is 0 Å². The fourth-order valence-corrected chi connectivity index (χ4v) is 3.04. The zero-order chi connectivity index (χ0) is 18.9. The molecule has 2 amide bonds. The number of carbonyl (C=O) groups is 1. The van der Waals surface area contributed by atoms with Gasteiger partial charge >= 0.3 is 6.03 Å². The number of piperidine rings is 1. The van der Waals surface area contributed by atoms with Crippen molar-refractivity contribution in [3.8, 4) is 5.75 Å². The molecule has 0 spiro atoms. The Labute approximate surface area is 157 Å². The van der Waals surface area contributed by atoms with Crippen LogP contribution in [0.2, 0.25) is 0 Å². The van der Waals surface area contributed by atoms with E-state index in [2.05, 4.69) is 42.9 Å². The van der Waals surface area contributed by atoms with Crippen LogP contribution in [0.15, 0.2) is 36.4 Å². The predicted molar refractivity (Wildman–Crippen MR) is 106 cm³/mol. The molecule has 1 aromatic carbocycles. The highest BCUT2D eigenvalue weighted by atomic mass is 16.5. The molecule has 2 N–H and O–H groups in total. The maximum Gasteiger partial charge on any atom is 0.315 e. The number of urea groups is 1. The summed E-state index contributed by atoms with van der Waals surface area (Å²) < 4.78 is 5.73. The lowest BCUT2D eigenvalue weighted by Crippen LogP contribution is -2.47. The molecule has 0 radical (unpaired) electrons. The largest absolute Gasteiger partial charge is 0.493 e. The summed E-state index contributed by atoms with van der Waals surface area (Å²) in [6.07, 6.45) is 1.97. The van der Waals surface area contributed by atoms with Crippen LogP contribution in [-0.2, 0) is 6.54 Å². The van der Waals surface area contributed by atoms with Gasteiger partial charge in [0.25, 0.3) is 0 Å². The molecule has 0 aromatic heterocycles. The molecule has 1 aromatic rings. The number of benzene rings is 1. The Balaban J connectivity index is 1.70. The van der Waals surface area contributed by atoms with Crippen LogP contribution in [0.3, 0.4) is 0 Å². The minimum absolute atomic E-state index is 0.100. The van der Waals surface area contributed by atoms with Crippen molar-refractivity contribution in [1.29, 1.82) is 0 Å². The molecule has 5 heteroatoms. The van der Waals surface area contributed by atoms with E-state index in [0.29, 0.717) is 19.1 Å². The Morgan fingerprint density at radius 1 is 1.35 bits per heavy atom. The van der Waals surface area contributed by atoms with Crippen LogP contribution in [0, 0.1) is 5.92 Å². The highest BCUT2D eigenvalue weighted by Crippen LogP contribution is 2.14. The van der Waals surface area contributed by atoms with E-state index in [0.717, 1.165) is 43.8 Å². The third-order valence-electron chi connectivity index (χ3n) is 4.35. The number of amides is 2. The molecule has 0 unspecified atom stereocenters. The lowest BCUT2D eigenvalue weighted by Gasteiger charge is -2.32. The Morgan fingerprint density at radius 2 is 2.08 bits per heavy atom. The van der Waals surface area contributed by atoms with Crippen molar-refractivity contribution >= 4 is 6.03 Å². The fraction of sp³-hybridized carbons (Fsp3) is 0.571. The van der Waals surface area contributed by atoms with Crippen molar-refractivity contribution in [2.24, 2.45) is 5.92 Å². The van der Waals surface area contributed by atoms with Crippen LogP contribution in [0.25, 0.3) is 0 Å². The first-order chi connectivity index (χ1) is 12.4. The van der Waals surface area contributed by atoms with Crippen LogP contribution < -0.4 is 15.4 Å². The topological polar surface area (TPSA) is 53.6 Å². The average molecular weight is 360 g/mol. The molecule has 0 bridgehead atoms. The Morgan fingerprint density at radius 3 is 2.73 bits per heavy atom. The van der Waals surface area contributed by atoms with Crippen LogP contribution >= 0.6 is 0 Å². The number of likely N-dealkylation sites (tertiary alicyclic amines) is 1. The van der Waals surface area contributed by atoms with Gasteiger partial charge in [0.15, 0.2) is 0 Å². The molecule has 0 aliphatic carbocycles. The van der Waals surface area contributed by atoms with Crippen molar-refractivity contribution in [3.63, 3.8) is 0 Å². The third-order valence-corrected chi connectivity index (χ3v) is 4.35. The summed E-state index contributed by atoms with van der Waals surface area (Å²) in [6, 6.07) is 8.04. The molecule has 1 fully saturated rings. The number of carbonyl (C=O) groups excluding carboxylic acids is 1. The normalized spacial score (nSPS) is 15.7. The second-order valence-electron chi connectivity index (χ2n) is 7.69. The predicted octanol–water partition coefficient (Wildman–Crippen LogP) is 3.56. The van der Waals surface area contributed by atoms with E-state index < -0.39 is 0 Å². The molecule has 1 heterocycles. The number of ether oxygens (including phenoxy) is 1. The Kier molecular flexibility index (Phi) is 7.98. The van der Waals surface area contributed by atoms with Crippen LogP contribution in [-0.4, -0.2) is 43.2 Å². The van der Waals surface area contributed by atoms with Gasteiger partial charge in [0.1, 0.15) is 5.75 Å². The van der Waals surface area contributed by atoms with Crippen molar-refractivity contribution in [2.75, 3.05) is 26.2 Å². The molecule has 26 heavy (non-hydrogen) atoms. The zero-order valence-electron chi connectivity index (χ0n) is 16.4. The SMILES string of the molecule is C=C(C)CN1CCC(NC(=O)NCc2cccc(OCC(C)C)c2)CC1. The van der Waals surface area contributed by atoms with Crippen LogP contribution in [0.4, 0.5) is 4.79 Å². The first-order valence-corrected chi connectivity index (χ1v) is 9.55. The quantitative estimate of drug-likeness (QED) is 0.698. The standard InChI is InChI=1S/C21H33N3O2/c1-16(2)14-24-10-8-19(9-11-24)23-21(25)22-13-18-6-5-7-20(12-18)26-15-17(3)4/h5-7,12,17,19H,1,8-11,13-15H2,2-4H3,(H2,22,23,25). The third kappa shape index (κ3) is 7.48. The number of nitrogens with zero attached hydrogens (tertiary/aromatic N) is 1. The maximum atomic E-state index is 12.2. The van der Waals surface area contributed by atoms with Gasteiger partial charge in [-0.1, -0.05) is 38.1 Å². The van der Waals surface area contributed by atoms with Gasteiger partial charge in [-0.15, -0.1) is 0 Å². The monoisotopic (exact) mass is 359 g/mol. The number of hydrogen-bond donors (Lipinski definition) is 2. The molecule has 0 atom stereocenters. The highest BCUT2D eigenvalue weighted by Gasteiger charge is 2.20. The number of rotatable bonds is 8. The Bertz CT molecular complexity index is 593. The van der Waals surface area contributed by atoms with Gasteiger partial charge in [0.2, 0.25) is 0 Å². The number of hydrogen-bond acceptors (Lipinski definition) is 3. The highest BCUT2D eigenvalue weighted by molar-refractivity contribution is 5.74. The summed E-state index contributed by atoms with van der Waals surface area (Å²) in [5.41, 5.74) is 2.23. The molecule has 1 aliphatic rings. The van der Waals surface area contributed by atoms with Gasteiger partial charge in [-0.25, -0.2) is 4.79 Å². The number of nitrogens with one attached hydrogen (secondary N) is 2. The molecule has 2 rings (SSSR count). The van der Waals surface area contributed by atoms with E-state index in [4.69, 9.17) is 4.74 Å². The summed E-state index contributed by atoms with van der Waals surface area (Å²) >= 11 is 0. The minimum Gasteiger partial charge on any atom is -0.493 e. The van der Waals surface area contributed by atoms with Gasteiger partial charge in [0, 0.05) is 32.2 Å². The Hall–Kier alpha value is -2.01. The molecular weight excluding hydrogens is 326 g/mol. The molecule has 144 valence electrons. The summed E-state index contributed by atoms with van der Waals surface area (Å²) in [5, 5.41) is 6.04. The van der Waals surface area contributed by atoms with Crippen molar-refractivity contribution < 1.29 is 9.53 Å². The molecule has 0 saturated carbocycles. The molecule has 1 aliphatic heterocycles. The fourth-order valence-electron chi connectivity index (χ4n) is 3.04. The first-order valence-electron chi connectivity index (χ1n) is 9.55. The summed E-state index contributed by atoms with van der Waals surface area (Å²) in [7, 11) is 0. The van der Waals surface area contributed by atoms with Crippen molar-refractivity contribution in [1.82, 2.24) is 15.5 Å². The van der Waals surface area contributed by atoms with E-state index in [9.17, 15) is 4.79 Å². The molecular formula is C21H33N3O2. The van der Waals surface area contributed by atoms with Gasteiger partial charge in [-0.3, -0.25) is 4.90 Å². The van der Waals surface area contributed by atoms with E-state index in [-0.39, 0.29) is 12.1 Å². The summed E-state index contributed by atoms with van der Waals surface area (Å²) in [5.74, 6) is 1.34. The van der Waals surface area contributed by atoms with Crippen molar-refractivity contribution in [3.05, 3.63) is 42.0 Å². The summed E-state index contributed by atoms with van der Waals surface area (Å²) in [6.45, 7) is 14.4. The van der Waals surface area contributed by atoms with E-state index in [1.165, 1.54) is 5.57 Å². The molecule has 5 nitrogen and oxygen atoms in total. The lowest BCUT2D eigenvalue weighted by atomic mass is 10.0. The molecule has 1 saturated heterocycles. The van der Waals surface area contributed by atoms with Gasteiger partial charge < -0.3 is 15.4 Å². The van der Waals surface area contributed by atoms with E-state index in [1.807, 2.05) is 24.3 Å². The second-order valence-corrected chi connectivity index (χ2v) is 7.69. The lowest BCUT2D eigenvalue weighted by molar-refractivity contribution is 0.201.